The van der Waals surface area contributed by atoms with Crippen LogP contribution in [0.1, 0.15) is 35.7 Å². The molecule has 3 rings (SSSR count). The molecule has 1 aliphatic rings. The Hall–Kier alpha value is -3.11. The number of sulfonamides is 1. The number of ether oxygens (including phenoxy) is 3. The highest BCUT2D eigenvalue weighted by molar-refractivity contribution is 7.89. The molecule has 0 unspecified atom stereocenters. The fourth-order valence-corrected chi connectivity index (χ4v) is 4.99. The van der Waals surface area contributed by atoms with Crippen LogP contribution in [0.25, 0.3) is 0 Å². The van der Waals surface area contributed by atoms with Crippen LogP contribution in [0.5, 0.6) is 17.2 Å². The van der Waals surface area contributed by atoms with Crippen molar-refractivity contribution in [1.82, 2.24) is 9.73 Å². The van der Waals surface area contributed by atoms with Gasteiger partial charge in [0.05, 0.1) is 31.9 Å². The minimum Gasteiger partial charge on any atom is -0.493 e. The van der Waals surface area contributed by atoms with Gasteiger partial charge in [0, 0.05) is 24.2 Å². The van der Waals surface area contributed by atoms with E-state index in [2.05, 4.69) is 10.5 Å². The molecule has 1 amide bonds. The van der Waals surface area contributed by atoms with E-state index in [0.717, 1.165) is 12.8 Å². The largest absolute Gasteiger partial charge is 0.493 e. The summed E-state index contributed by atoms with van der Waals surface area (Å²) >= 11 is 0. The Labute approximate surface area is 188 Å². The van der Waals surface area contributed by atoms with Gasteiger partial charge < -0.3 is 14.2 Å². The summed E-state index contributed by atoms with van der Waals surface area (Å²) in [7, 11) is 0.925. The molecule has 1 heterocycles. The number of benzene rings is 2. The van der Waals surface area contributed by atoms with Crippen molar-refractivity contribution in [3.05, 3.63) is 47.5 Å². The van der Waals surface area contributed by atoms with Gasteiger partial charge in [0.1, 0.15) is 0 Å². The number of amides is 1. The third kappa shape index (κ3) is 4.86. The van der Waals surface area contributed by atoms with E-state index in [1.54, 1.807) is 31.2 Å². The summed E-state index contributed by atoms with van der Waals surface area (Å²) in [4.78, 5) is 12.7. The van der Waals surface area contributed by atoms with Crippen LogP contribution in [0.2, 0.25) is 0 Å². The van der Waals surface area contributed by atoms with Gasteiger partial charge >= 0.3 is 0 Å². The molecule has 0 radical (unpaired) electrons. The lowest BCUT2D eigenvalue weighted by Crippen LogP contribution is -2.28. The summed E-state index contributed by atoms with van der Waals surface area (Å²) in [5.74, 6) is 0.854. The lowest BCUT2D eigenvalue weighted by molar-refractivity contribution is 0.0954. The smallest absolute Gasteiger partial charge is 0.271 e. The van der Waals surface area contributed by atoms with Crippen molar-refractivity contribution in [1.29, 1.82) is 0 Å². The van der Waals surface area contributed by atoms with Crippen molar-refractivity contribution in [3.8, 4) is 17.2 Å². The molecule has 2 aromatic rings. The normalized spacial score (nSPS) is 14.8. The third-order valence-corrected chi connectivity index (χ3v) is 7.10. The summed E-state index contributed by atoms with van der Waals surface area (Å²) in [5, 5.41) is 4.15. The Morgan fingerprint density at radius 1 is 0.969 bits per heavy atom. The first-order chi connectivity index (χ1) is 15.3. The number of nitrogens with zero attached hydrogens (tertiary/aromatic N) is 2. The van der Waals surface area contributed by atoms with Gasteiger partial charge in [0.2, 0.25) is 15.8 Å². The van der Waals surface area contributed by atoms with Crippen molar-refractivity contribution >= 4 is 21.6 Å². The molecule has 172 valence electrons. The number of carbonyl (C=O) groups excluding carboxylic acids is 1. The summed E-state index contributed by atoms with van der Waals surface area (Å²) in [6.45, 7) is 2.71. The van der Waals surface area contributed by atoms with Crippen molar-refractivity contribution in [2.45, 2.75) is 24.7 Å². The first-order valence-electron chi connectivity index (χ1n) is 10.1. The van der Waals surface area contributed by atoms with Crippen LogP contribution >= 0.6 is 0 Å². The maximum atomic E-state index is 12.8. The van der Waals surface area contributed by atoms with E-state index in [4.69, 9.17) is 14.2 Å². The van der Waals surface area contributed by atoms with Gasteiger partial charge in [-0.3, -0.25) is 4.79 Å². The Balaban J connectivity index is 1.81. The quantitative estimate of drug-likeness (QED) is 0.479. The summed E-state index contributed by atoms with van der Waals surface area (Å²) in [5.41, 5.74) is 3.83. The number of hydrazone groups is 1. The zero-order chi connectivity index (χ0) is 23.3. The van der Waals surface area contributed by atoms with Crippen molar-refractivity contribution in [2.24, 2.45) is 5.10 Å². The monoisotopic (exact) mass is 461 g/mol. The number of hydrogen-bond donors (Lipinski definition) is 1. The molecule has 1 N–H and O–H groups in total. The van der Waals surface area contributed by atoms with Gasteiger partial charge in [-0.15, -0.1) is 0 Å². The van der Waals surface area contributed by atoms with Crippen LogP contribution in [0, 0.1) is 0 Å². The zero-order valence-corrected chi connectivity index (χ0v) is 19.4. The third-order valence-electron chi connectivity index (χ3n) is 5.21. The average molecular weight is 462 g/mol. The van der Waals surface area contributed by atoms with Gasteiger partial charge in [-0.05, 0) is 50.1 Å². The second-order valence-electron chi connectivity index (χ2n) is 7.19. The molecule has 9 nitrogen and oxygen atoms in total. The molecule has 32 heavy (non-hydrogen) atoms. The number of carbonyl (C=O) groups is 1. The van der Waals surface area contributed by atoms with Gasteiger partial charge in [0.25, 0.3) is 5.91 Å². The molecule has 0 atom stereocenters. The molecule has 1 aliphatic heterocycles. The minimum atomic E-state index is -3.61. The standard InChI is InChI=1S/C22H27N3O6S/c1-15(17-13-19(29-2)21(31-4)20(14-17)30-3)23-24-22(26)16-8-7-9-18(12-16)32(27,28)25-10-5-6-11-25/h7-9,12-14H,5-6,10-11H2,1-4H3,(H,24,26)/b23-15-. The first kappa shape index (κ1) is 23.6. The van der Waals surface area contributed by atoms with Crippen LogP contribution < -0.4 is 19.6 Å². The van der Waals surface area contributed by atoms with Crippen molar-refractivity contribution in [3.63, 3.8) is 0 Å². The summed E-state index contributed by atoms with van der Waals surface area (Å²) in [6, 6.07) is 9.39. The van der Waals surface area contributed by atoms with Gasteiger partial charge in [-0.25, -0.2) is 13.8 Å². The average Bonchev–Trinajstić information content (AvgIpc) is 3.37. The van der Waals surface area contributed by atoms with Crippen LogP contribution in [0.4, 0.5) is 0 Å². The van der Waals surface area contributed by atoms with Crippen LogP contribution in [0.15, 0.2) is 46.4 Å². The van der Waals surface area contributed by atoms with E-state index in [0.29, 0.717) is 41.6 Å². The molecule has 0 bridgehead atoms. The number of nitrogens with one attached hydrogen (secondary N) is 1. The lowest BCUT2D eigenvalue weighted by Gasteiger charge is -2.16. The van der Waals surface area contributed by atoms with Crippen LogP contribution in [-0.4, -0.2) is 58.8 Å². The zero-order valence-electron chi connectivity index (χ0n) is 18.5. The molecular formula is C22H27N3O6S. The molecule has 0 saturated carbocycles. The fourth-order valence-electron chi connectivity index (χ4n) is 3.43. The summed E-state index contributed by atoms with van der Waals surface area (Å²) < 4.78 is 43.0. The molecule has 0 aromatic heterocycles. The SMILES string of the molecule is COc1cc(/C(C)=N\NC(=O)c2cccc(S(=O)(=O)N3CCCC3)c2)cc(OC)c1OC. The Morgan fingerprint density at radius 2 is 1.59 bits per heavy atom. The van der Waals surface area contributed by atoms with Gasteiger partial charge in [0.15, 0.2) is 11.5 Å². The van der Waals surface area contributed by atoms with E-state index in [-0.39, 0.29) is 10.5 Å². The maximum absolute atomic E-state index is 12.8. The highest BCUT2D eigenvalue weighted by Gasteiger charge is 2.27. The lowest BCUT2D eigenvalue weighted by atomic mass is 10.1. The van der Waals surface area contributed by atoms with Crippen molar-refractivity contribution in [2.75, 3.05) is 34.4 Å². The van der Waals surface area contributed by atoms with Crippen molar-refractivity contribution < 1.29 is 27.4 Å². The van der Waals surface area contributed by atoms with E-state index < -0.39 is 15.9 Å². The first-order valence-corrected chi connectivity index (χ1v) is 11.5. The van der Waals surface area contributed by atoms with Gasteiger partial charge in [-0.2, -0.15) is 9.41 Å². The highest BCUT2D eigenvalue weighted by atomic mass is 32.2. The molecule has 0 aliphatic carbocycles. The molecule has 1 saturated heterocycles. The Kier molecular flexibility index (Phi) is 7.37. The Morgan fingerprint density at radius 3 is 2.16 bits per heavy atom. The van der Waals surface area contributed by atoms with Crippen LogP contribution in [0.3, 0.4) is 0 Å². The van der Waals surface area contributed by atoms with E-state index in [9.17, 15) is 13.2 Å². The number of rotatable bonds is 8. The molecule has 2 aromatic carbocycles. The summed E-state index contributed by atoms with van der Waals surface area (Å²) in [6.07, 6.45) is 1.68. The van der Waals surface area contributed by atoms with E-state index >= 15 is 0 Å². The minimum absolute atomic E-state index is 0.0948. The highest BCUT2D eigenvalue weighted by Crippen LogP contribution is 2.38. The predicted molar refractivity (Wildman–Crippen MR) is 120 cm³/mol. The van der Waals surface area contributed by atoms with E-state index in [1.807, 2.05) is 0 Å². The second kappa shape index (κ2) is 10.0. The molecule has 0 spiro atoms. The maximum Gasteiger partial charge on any atom is 0.271 e. The van der Waals surface area contributed by atoms with Gasteiger partial charge in [-0.1, -0.05) is 6.07 Å². The van der Waals surface area contributed by atoms with E-state index in [1.165, 1.54) is 37.8 Å². The predicted octanol–water partition coefficient (Wildman–Crippen LogP) is 2.65. The Bertz CT molecular complexity index is 1100. The number of hydrogen-bond acceptors (Lipinski definition) is 7. The number of methoxy groups -OCH3 is 3. The van der Waals surface area contributed by atoms with Crippen LogP contribution in [-0.2, 0) is 10.0 Å². The molecular weight excluding hydrogens is 434 g/mol. The second-order valence-corrected chi connectivity index (χ2v) is 9.13. The molecule has 10 heteroatoms. The fraction of sp³-hybridized carbons (Fsp3) is 0.364. The topological polar surface area (TPSA) is 107 Å². The molecule has 1 fully saturated rings.